The van der Waals surface area contributed by atoms with Crippen LogP contribution in [0.1, 0.15) is 156 Å². The van der Waals surface area contributed by atoms with Crippen molar-refractivity contribution in [1.29, 1.82) is 5.26 Å². The zero-order valence-electron chi connectivity index (χ0n) is 43.5. The Balaban J connectivity index is 0.000000233. The van der Waals surface area contributed by atoms with Crippen molar-refractivity contribution in [2.45, 2.75) is 154 Å². The molecule has 1 saturated heterocycles. The number of hydrogen-bond acceptors (Lipinski definition) is 12. The van der Waals surface area contributed by atoms with Gasteiger partial charge in [0.1, 0.15) is 19.3 Å². The summed E-state index contributed by atoms with van der Waals surface area (Å²) in [4.78, 5) is 33.8. The number of hydrogen-bond donors (Lipinski definition) is 1. The van der Waals surface area contributed by atoms with Crippen LogP contribution in [0, 0.1) is 11.5 Å². The summed E-state index contributed by atoms with van der Waals surface area (Å²) in [6.07, 6.45) is 20.7. The first kappa shape index (κ1) is 60.7. The van der Waals surface area contributed by atoms with E-state index in [0.717, 1.165) is 54.4 Å². The smallest absolute Gasteiger partial charge is 0.493 e. The third-order valence-electron chi connectivity index (χ3n) is 12.9. The number of alkyl carbamates (subject to hydrolysis) is 1. The molecule has 1 aliphatic heterocycles. The van der Waals surface area contributed by atoms with E-state index in [9.17, 15) is 9.59 Å². The van der Waals surface area contributed by atoms with Gasteiger partial charge in [0.05, 0.1) is 5.92 Å². The molecule has 3 heterocycles. The molecule has 392 valence electrons. The van der Waals surface area contributed by atoms with E-state index < -0.39 is 12.2 Å². The molecule has 2 amide bonds. The summed E-state index contributed by atoms with van der Waals surface area (Å²) in [5.74, 6) is 2.77. The SMILES string of the molecule is CCCCCCCCc1ccc(-c2noc([C@@H]3CCC3Cl)n2)cc1.CCCCCCCCc1ccc(-c2noc([C@@H]3CCN3C(=NCl)NC(=O)OCc3ccccc3)n2)cc1.N#C[N-]C(=O)OCc1ccccc1.[K+]. The Morgan fingerprint density at radius 2 is 1.17 bits per heavy atom. The van der Waals surface area contributed by atoms with Gasteiger partial charge in [-0.3, -0.25) is 10.1 Å². The maximum absolute atomic E-state index is 12.3. The van der Waals surface area contributed by atoms with E-state index in [4.69, 9.17) is 42.4 Å². The van der Waals surface area contributed by atoms with Crippen LogP contribution >= 0.6 is 23.4 Å². The van der Waals surface area contributed by atoms with Gasteiger partial charge in [0, 0.05) is 34.8 Å². The predicted molar refractivity (Wildman–Crippen MR) is 288 cm³/mol. The van der Waals surface area contributed by atoms with Crippen LogP contribution in [0.2, 0.25) is 0 Å². The van der Waals surface area contributed by atoms with E-state index in [2.05, 4.69) is 90.4 Å². The van der Waals surface area contributed by atoms with Crippen LogP contribution in [0.25, 0.3) is 28.1 Å². The Kier molecular flexibility index (Phi) is 28.0. The van der Waals surface area contributed by atoms with Gasteiger partial charge in [-0.25, -0.2) is 4.79 Å². The van der Waals surface area contributed by atoms with Crippen LogP contribution < -0.4 is 56.7 Å². The van der Waals surface area contributed by atoms with Crippen molar-refractivity contribution in [2.75, 3.05) is 6.54 Å². The molecule has 75 heavy (non-hydrogen) atoms. The molecule has 3 atom stereocenters. The quantitative estimate of drug-likeness (QED) is 0.0169. The first-order valence-electron chi connectivity index (χ1n) is 26.0. The summed E-state index contributed by atoms with van der Waals surface area (Å²) < 4.78 is 24.6. The van der Waals surface area contributed by atoms with E-state index >= 15 is 0 Å². The molecule has 0 spiro atoms. The second-order valence-corrected chi connectivity index (χ2v) is 19.1. The van der Waals surface area contributed by atoms with Crippen molar-refractivity contribution in [3.63, 3.8) is 0 Å². The van der Waals surface area contributed by atoms with Crippen LogP contribution in [-0.4, -0.2) is 55.2 Å². The number of carbonyl (C=O) groups excluding carboxylic acids is 2. The number of ether oxygens (including phenoxy) is 2. The maximum Gasteiger partial charge on any atom is 1.00 e. The molecular formula is C57H68Cl2KN9O6. The number of unbranched alkanes of at least 4 members (excludes halogenated alkanes) is 10. The van der Waals surface area contributed by atoms with E-state index in [1.54, 1.807) is 4.90 Å². The van der Waals surface area contributed by atoms with Gasteiger partial charge in [-0.2, -0.15) is 9.97 Å². The second-order valence-electron chi connectivity index (χ2n) is 18.4. The fourth-order valence-electron chi connectivity index (χ4n) is 8.27. The normalized spacial score (nSPS) is 15.5. The number of carbonyl (C=O) groups is 2. The molecule has 15 nitrogen and oxygen atoms in total. The van der Waals surface area contributed by atoms with Crippen molar-refractivity contribution >= 4 is 41.5 Å². The predicted octanol–water partition coefficient (Wildman–Crippen LogP) is 12.1. The molecule has 1 aliphatic carbocycles. The summed E-state index contributed by atoms with van der Waals surface area (Å²) in [5, 5.41) is 21.9. The third kappa shape index (κ3) is 20.7. The van der Waals surface area contributed by atoms with E-state index in [0.29, 0.717) is 30.0 Å². The summed E-state index contributed by atoms with van der Waals surface area (Å²) in [6.45, 7) is 5.43. The fourth-order valence-corrected chi connectivity index (χ4v) is 8.77. The molecule has 2 aromatic heterocycles. The molecule has 4 aromatic carbocycles. The Hall–Kier alpha value is -5.12. The summed E-state index contributed by atoms with van der Waals surface area (Å²) in [7, 11) is 0. The van der Waals surface area contributed by atoms with Crippen LogP contribution in [0.3, 0.4) is 0 Å². The molecule has 8 rings (SSSR count). The van der Waals surface area contributed by atoms with Gasteiger partial charge in [0.15, 0.2) is 0 Å². The van der Waals surface area contributed by atoms with Crippen LogP contribution in [0.5, 0.6) is 0 Å². The zero-order chi connectivity index (χ0) is 52.2. The zero-order valence-corrected chi connectivity index (χ0v) is 48.2. The number of benzene rings is 4. The van der Waals surface area contributed by atoms with Crippen molar-refractivity contribution in [2.24, 2.45) is 4.51 Å². The molecule has 0 radical (unpaired) electrons. The second kappa shape index (κ2) is 34.5. The van der Waals surface area contributed by atoms with E-state index in [-0.39, 0.29) is 87.9 Å². The van der Waals surface area contributed by atoms with Gasteiger partial charge in [-0.15, -0.1) is 16.1 Å². The number of nitrogens with zero attached hydrogens (tertiary/aromatic N) is 8. The van der Waals surface area contributed by atoms with Gasteiger partial charge in [0.25, 0.3) is 0 Å². The van der Waals surface area contributed by atoms with Crippen molar-refractivity contribution in [3.8, 4) is 29.0 Å². The number of alkyl halides is 1. The largest absolute Gasteiger partial charge is 1.00 e. The minimum absolute atomic E-state index is 0. The summed E-state index contributed by atoms with van der Waals surface area (Å²) >= 11 is 12.0. The number of rotatable bonds is 22. The van der Waals surface area contributed by atoms with Crippen LogP contribution in [0.15, 0.2) is 123 Å². The number of amides is 2. The number of likely N-dealkylation sites (tertiary alicyclic amines) is 1. The molecule has 18 heteroatoms. The first-order valence-corrected chi connectivity index (χ1v) is 26.8. The van der Waals surface area contributed by atoms with Gasteiger partial charge in [-0.05, 0) is 67.2 Å². The Morgan fingerprint density at radius 1 is 0.680 bits per heavy atom. The molecule has 1 unspecified atom stereocenters. The molecule has 0 bridgehead atoms. The first-order chi connectivity index (χ1) is 36.3. The maximum atomic E-state index is 12.3. The number of aryl methyl sites for hydroxylation is 2. The van der Waals surface area contributed by atoms with Crippen molar-refractivity contribution < 1.29 is 79.5 Å². The average Bonchev–Trinajstić information content (AvgIpc) is 4.11. The average molecular weight is 1090 g/mol. The summed E-state index contributed by atoms with van der Waals surface area (Å²) in [6, 6.07) is 35.3. The molecule has 6 aromatic rings. The Labute approximate surface area is 494 Å². The minimum Gasteiger partial charge on any atom is -0.493 e. The standard InChI is InChI=1S/C28H34ClN5O3.C20H27ClN2O.C9H8N2O2.K/c1-2-3-4-5-6-8-11-21-14-16-23(17-15-21)25-30-26(37-33-25)24-18-19-34(24)27(32-29)31-28(35)36-20-22-12-9-7-10-13-22;1-2-3-4-5-6-7-8-15-9-11-16(12-10-15)19-22-20(24-23-19)17-13-14-18(17)21;10-7-11-9(12)13-6-8-4-2-1-3-5-8;/h7,9-10,12-17,24H,2-6,8,11,18-20H2,1H3,(H,31,32,35);9-12,17-18H,2-8,13-14H2,1H3;1-5H,6H2,(H,11,12);/q;;;+1/p-1/t24-;17-,18?;;/m01../s1. The third-order valence-corrected chi connectivity index (χ3v) is 13.6. The van der Waals surface area contributed by atoms with Gasteiger partial charge in [0.2, 0.25) is 29.4 Å². The summed E-state index contributed by atoms with van der Waals surface area (Å²) in [5.41, 5.74) is 6.38. The Bertz CT molecular complexity index is 2630. The van der Waals surface area contributed by atoms with E-state index in [1.807, 2.05) is 72.8 Å². The number of guanidine groups is 1. The molecule has 2 fully saturated rings. The van der Waals surface area contributed by atoms with Gasteiger partial charge in [-0.1, -0.05) is 204 Å². The molecular weight excluding hydrogens is 1020 g/mol. The van der Waals surface area contributed by atoms with Crippen LogP contribution in [0.4, 0.5) is 9.59 Å². The molecule has 2 aliphatic rings. The number of aromatic nitrogens is 4. The van der Waals surface area contributed by atoms with Gasteiger partial charge >= 0.3 is 63.6 Å². The van der Waals surface area contributed by atoms with Crippen LogP contribution in [-0.2, 0) is 35.5 Å². The van der Waals surface area contributed by atoms with Gasteiger partial charge < -0.3 is 34.0 Å². The number of nitrogens with one attached hydrogen (secondary N) is 1. The monoisotopic (exact) mass is 1080 g/mol. The fraction of sp³-hybridized carbons (Fsp3) is 0.439. The topological polar surface area (TPSA) is 196 Å². The minimum atomic E-state index is -0.855. The number of nitriles is 1. The van der Waals surface area contributed by atoms with Crippen molar-refractivity contribution in [3.05, 3.63) is 149 Å². The number of halogens is 2. The molecule has 1 saturated carbocycles. The Morgan fingerprint density at radius 3 is 1.63 bits per heavy atom. The molecule has 1 N–H and O–H groups in total. The van der Waals surface area contributed by atoms with Crippen molar-refractivity contribution in [1.82, 2.24) is 30.5 Å². The van der Waals surface area contributed by atoms with E-state index in [1.165, 1.54) is 94.4 Å².